The molecule has 10 heteroatoms. The van der Waals surface area contributed by atoms with Crippen LogP contribution in [-0.4, -0.2) is 31.4 Å². The summed E-state index contributed by atoms with van der Waals surface area (Å²) in [6, 6.07) is 0. The second kappa shape index (κ2) is 12.3. The van der Waals surface area contributed by atoms with E-state index in [2.05, 4.69) is 14.9 Å². The summed E-state index contributed by atoms with van der Waals surface area (Å²) in [5, 5.41) is 16.0. The maximum atomic E-state index is 12.5. The van der Waals surface area contributed by atoms with Crippen molar-refractivity contribution in [1.82, 2.24) is 14.9 Å². The van der Waals surface area contributed by atoms with E-state index < -0.39 is 21.9 Å². The van der Waals surface area contributed by atoms with E-state index in [1.807, 2.05) is 20.8 Å². The number of aromatic nitrogens is 2. The average Bonchev–Trinajstić information content (AvgIpc) is 3.18. The molecular weight excluding hydrogens is 444 g/mol. The first kappa shape index (κ1) is 27.7. The predicted octanol–water partition coefficient (Wildman–Crippen LogP) is 5.10. The summed E-state index contributed by atoms with van der Waals surface area (Å²) in [6.07, 6.45) is 9.57. The van der Waals surface area contributed by atoms with Crippen molar-refractivity contribution < 1.29 is 22.4 Å². The standard InChI is InChI=1S/C23H41N4O5S/c1-22(2,3)27(29)33(30)24-16-19-25-21(32-26-19)18(15-20(28)31-23(4,5)6)14-10-13-17-11-8-7-9-12-17/h17-18H,7-16H2,1-6H3,(H,24,30)/q-1. The lowest BCUT2D eigenvalue weighted by Gasteiger charge is -2.26. The highest BCUT2D eigenvalue weighted by Gasteiger charge is 2.26. The summed E-state index contributed by atoms with van der Waals surface area (Å²) in [4.78, 5) is 16.9. The number of rotatable bonds is 10. The monoisotopic (exact) mass is 485 g/mol. The van der Waals surface area contributed by atoms with Crippen LogP contribution < -0.4 is 4.72 Å². The molecule has 33 heavy (non-hydrogen) atoms. The number of hydrogen-bond acceptors (Lipinski definition) is 8. The fourth-order valence-electron chi connectivity index (χ4n) is 3.96. The molecular formula is C23H41N4O5S-. The molecule has 0 bridgehead atoms. The third-order valence-electron chi connectivity index (χ3n) is 5.61. The Morgan fingerprint density at radius 3 is 2.52 bits per heavy atom. The fourth-order valence-corrected chi connectivity index (χ4v) is 4.83. The van der Waals surface area contributed by atoms with Crippen LogP contribution in [0.1, 0.15) is 117 Å². The van der Waals surface area contributed by atoms with Gasteiger partial charge in [-0.15, -0.1) is 0 Å². The van der Waals surface area contributed by atoms with Gasteiger partial charge in [0.05, 0.1) is 6.42 Å². The third kappa shape index (κ3) is 10.1. The van der Waals surface area contributed by atoms with Crippen LogP contribution in [0.15, 0.2) is 4.52 Å². The Labute approximate surface area is 200 Å². The highest BCUT2D eigenvalue weighted by molar-refractivity contribution is 7.70. The Morgan fingerprint density at radius 1 is 1.24 bits per heavy atom. The number of carbonyl (C=O) groups is 1. The Hall–Kier alpha value is -1.52. The second-order valence-corrected chi connectivity index (χ2v) is 12.1. The Bertz CT molecular complexity index is 844. The summed E-state index contributed by atoms with van der Waals surface area (Å²) in [5.74, 6) is 0.900. The van der Waals surface area contributed by atoms with Crippen LogP contribution in [0.5, 0.6) is 0 Å². The number of hydroxylamine groups is 1. The summed E-state index contributed by atoms with van der Waals surface area (Å²) >= 11 is 0. The van der Waals surface area contributed by atoms with Crippen LogP contribution >= 0.6 is 0 Å². The molecule has 1 fully saturated rings. The van der Waals surface area contributed by atoms with E-state index in [-0.39, 0.29) is 24.9 Å². The van der Waals surface area contributed by atoms with Gasteiger partial charge in [-0.3, -0.25) is 4.79 Å². The topological polar surface area (TPSA) is 120 Å². The summed E-state index contributed by atoms with van der Waals surface area (Å²) in [6.45, 7) is 10.6. The van der Waals surface area contributed by atoms with Crippen molar-refractivity contribution in [2.45, 2.75) is 123 Å². The smallest absolute Gasteiger partial charge is 0.307 e. The van der Waals surface area contributed by atoms with E-state index in [0.717, 1.165) is 25.2 Å². The maximum absolute atomic E-state index is 12.5. The van der Waals surface area contributed by atoms with Gasteiger partial charge in [0, 0.05) is 23.2 Å². The lowest BCUT2D eigenvalue weighted by Crippen LogP contribution is -2.32. The molecule has 1 aromatic heterocycles. The van der Waals surface area contributed by atoms with Crippen LogP contribution in [0.25, 0.3) is 0 Å². The zero-order valence-electron chi connectivity index (χ0n) is 21.0. The zero-order valence-corrected chi connectivity index (χ0v) is 21.8. The number of esters is 1. The molecule has 1 saturated carbocycles. The van der Waals surface area contributed by atoms with Crippen molar-refractivity contribution in [2.75, 3.05) is 0 Å². The van der Waals surface area contributed by atoms with Crippen molar-refractivity contribution in [3.63, 3.8) is 0 Å². The Morgan fingerprint density at radius 2 is 1.91 bits per heavy atom. The first-order chi connectivity index (χ1) is 15.3. The molecule has 1 N–H and O–H groups in total. The van der Waals surface area contributed by atoms with E-state index in [4.69, 9.17) is 9.26 Å². The SMILES string of the molecule is CC(C)(C)OC(=O)CC(CCCC1CCCCC1)c1nc(CN[S-](=O)=[N+]([O-])C(C)(C)C)no1. The van der Waals surface area contributed by atoms with Gasteiger partial charge in [-0.1, -0.05) is 50.1 Å². The lowest BCUT2D eigenvalue weighted by molar-refractivity contribution is -0.512. The van der Waals surface area contributed by atoms with Gasteiger partial charge < -0.3 is 27.5 Å². The van der Waals surface area contributed by atoms with Gasteiger partial charge in [-0.05, 0) is 53.9 Å². The van der Waals surface area contributed by atoms with Gasteiger partial charge in [0.1, 0.15) is 11.1 Å². The van der Waals surface area contributed by atoms with E-state index in [1.165, 1.54) is 32.1 Å². The third-order valence-corrected chi connectivity index (χ3v) is 6.85. The van der Waals surface area contributed by atoms with Crippen LogP contribution in [0.2, 0.25) is 0 Å². The number of hydrogen-bond donors (Lipinski definition) is 1. The minimum absolute atomic E-state index is 0.0200. The molecule has 0 amide bonds. The van der Waals surface area contributed by atoms with Gasteiger partial charge in [0.15, 0.2) is 5.82 Å². The molecule has 1 unspecified atom stereocenters. The molecule has 2 rings (SSSR count). The Kier molecular flexibility index (Phi) is 10.3. The summed E-state index contributed by atoms with van der Waals surface area (Å²) < 4.78 is 26.2. The summed E-state index contributed by atoms with van der Waals surface area (Å²) in [7, 11) is -1.93. The van der Waals surface area contributed by atoms with E-state index >= 15 is 0 Å². The molecule has 1 aromatic rings. The fraction of sp³-hybridized carbons (Fsp3) is 0.870. The number of ether oxygens (including phenoxy) is 1. The van der Waals surface area contributed by atoms with Gasteiger partial charge in [0.25, 0.3) is 0 Å². The van der Waals surface area contributed by atoms with Crippen molar-refractivity contribution >= 4 is 16.8 Å². The maximum Gasteiger partial charge on any atom is 0.307 e. The van der Waals surface area contributed by atoms with Crippen LogP contribution in [0.3, 0.4) is 0 Å². The first-order valence-electron chi connectivity index (χ1n) is 12.0. The zero-order chi connectivity index (χ0) is 24.6. The average molecular weight is 486 g/mol. The summed E-state index contributed by atoms with van der Waals surface area (Å²) in [5.41, 5.74) is -1.36. The molecule has 1 aliphatic rings. The molecule has 1 heterocycles. The molecule has 1 aliphatic carbocycles. The van der Waals surface area contributed by atoms with Crippen LogP contribution in [0, 0.1) is 11.1 Å². The Balaban J connectivity index is 2.03. The van der Waals surface area contributed by atoms with Crippen LogP contribution in [0.4, 0.5) is 0 Å². The molecule has 0 radical (unpaired) electrons. The highest BCUT2D eigenvalue weighted by Crippen LogP contribution is 2.31. The van der Waals surface area contributed by atoms with Gasteiger partial charge in [-0.25, -0.2) is 0 Å². The van der Waals surface area contributed by atoms with E-state index in [1.54, 1.807) is 20.8 Å². The quantitative estimate of drug-likeness (QED) is 0.212. The molecule has 0 aromatic carbocycles. The lowest BCUT2D eigenvalue weighted by atomic mass is 9.84. The molecule has 0 spiro atoms. The molecule has 0 aliphatic heterocycles. The number of nitrogens with one attached hydrogen (secondary N) is 1. The molecule has 190 valence electrons. The minimum atomic E-state index is -1.93. The van der Waals surface area contributed by atoms with E-state index in [9.17, 15) is 14.2 Å². The van der Waals surface area contributed by atoms with E-state index in [0.29, 0.717) is 15.8 Å². The number of carbonyl (C=O) groups excluding carboxylic acids is 1. The predicted molar refractivity (Wildman–Crippen MR) is 126 cm³/mol. The minimum Gasteiger partial charge on any atom is -0.574 e. The largest absolute Gasteiger partial charge is 0.574 e. The van der Waals surface area contributed by atoms with Crippen LogP contribution in [-0.2, 0) is 31.1 Å². The highest BCUT2D eigenvalue weighted by atomic mass is 32.2. The number of nitrogens with zero attached hydrogens (tertiary/aromatic N) is 3. The first-order valence-corrected chi connectivity index (χ1v) is 13.1. The van der Waals surface area contributed by atoms with Gasteiger partial charge in [0.2, 0.25) is 5.89 Å². The van der Waals surface area contributed by atoms with Gasteiger partial charge in [-0.2, -0.15) is 4.98 Å². The molecule has 9 nitrogen and oxygen atoms in total. The van der Waals surface area contributed by atoms with Crippen molar-refractivity contribution in [3.8, 4) is 0 Å². The second-order valence-electron chi connectivity index (χ2n) is 11.0. The van der Waals surface area contributed by atoms with Crippen molar-refractivity contribution in [2.24, 2.45) is 5.92 Å². The normalized spacial score (nSPS) is 18.1. The van der Waals surface area contributed by atoms with Crippen molar-refractivity contribution in [1.29, 1.82) is 0 Å². The molecule has 1 atom stereocenters. The molecule has 0 saturated heterocycles. The van der Waals surface area contributed by atoms with Crippen molar-refractivity contribution in [3.05, 3.63) is 16.9 Å². The van der Waals surface area contributed by atoms with Gasteiger partial charge >= 0.3 is 5.97 Å².